The van der Waals surface area contributed by atoms with Crippen LogP contribution in [0.5, 0.6) is 11.5 Å². The average molecular weight is 409 g/mol. The van der Waals surface area contributed by atoms with Crippen molar-refractivity contribution in [2.24, 2.45) is 0 Å². The lowest BCUT2D eigenvalue weighted by Crippen LogP contribution is -2.24. The number of fused-ring (bicyclic) bond motifs is 4. The van der Waals surface area contributed by atoms with Crippen LogP contribution < -0.4 is 10.3 Å². The lowest BCUT2D eigenvalue weighted by atomic mass is 9.97. The number of aromatic nitrogens is 2. The van der Waals surface area contributed by atoms with Crippen LogP contribution in [0.3, 0.4) is 0 Å². The van der Waals surface area contributed by atoms with Gasteiger partial charge in [-0.2, -0.15) is 0 Å². The first-order valence-electron chi connectivity index (χ1n) is 10.3. The number of allylic oxidation sites excluding steroid dienone is 1. The first-order valence-corrected chi connectivity index (χ1v) is 11.1. The van der Waals surface area contributed by atoms with Gasteiger partial charge in [0.15, 0.2) is 11.5 Å². The van der Waals surface area contributed by atoms with Crippen molar-refractivity contribution in [2.45, 2.75) is 51.5 Å². The normalized spacial score (nSPS) is 17.8. The summed E-state index contributed by atoms with van der Waals surface area (Å²) in [4.78, 5) is 20.7. The van der Waals surface area contributed by atoms with E-state index >= 15 is 0 Å². The molecule has 3 heterocycles. The quantitative estimate of drug-likeness (QED) is 0.663. The van der Waals surface area contributed by atoms with Gasteiger partial charge in [-0.3, -0.25) is 9.36 Å². The fourth-order valence-corrected chi connectivity index (χ4v) is 5.77. The molecule has 29 heavy (non-hydrogen) atoms. The second-order valence-corrected chi connectivity index (χ2v) is 8.92. The number of nitrogens with zero attached hydrogens (tertiary/aromatic N) is 2. The van der Waals surface area contributed by atoms with Crippen LogP contribution >= 0.6 is 11.3 Å². The summed E-state index contributed by atoms with van der Waals surface area (Å²) in [7, 11) is 1.54. The van der Waals surface area contributed by atoms with Gasteiger partial charge in [0.25, 0.3) is 5.56 Å². The molecule has 0 spiro atoms. The molecule has 1 aliphatic heterocycles. The van der Waals surface area contributed by atoms with E-state index in [1.54, 1.807) is 23.5 Å². The lowest BCUT2D eigenvalue weighted by Gasteiger charge is -2.13. The van der Waals surface area contributed by atoms with Crippen molar-refractivity contribution in [1.29, 1.82) is 0 Å². The van der Waals surface area contributed by atoms with Crippen molar-refractivity contribution in [3.05, 3.63) is 50.4 Å². The third-order valence-electron chi connectivity index (χ3n) is 5.98. The molecular weight excluding hydrogens is 384 g/mol. The number of phenolic OH excluding ortho intramolecular Hbond substituents is 1. The average Bonchev–Trinajstić information content (AvgIpc) is 2.98. The second-order valence-electron chi connectivity index (χ2n) is 7.84. The predicted molar refractivity (Wildman–Crippen MR) is 117 cm³/mol. The van der Waals surface area contributed by atoms with Gasteiger partial charge in [0, 0.05) is 11.4 Å². The van der Waals surface area contributed by atoms with Gasteiger partial charge in [0.2, 0.25) is 0 Å². The zero-order valence-electron chi connectivity index (χ0n) is 16.5. The van der Waals surface area contributed by atoms with E-state index in [2.05, 4.69) is 0 Å². The number of hydrogen-bond acceptors (Lipinski definition) is 5. The highest BCUT2D eigenvalue weighted by atomic mass is 32.1. The maximum atomic E-state index is 13.4. The maximum absolute atomic E-state index is 13.4. The lowest BCUT2D eigenvalue weighted by molar-refractivity contribution is 0.373. The largest absolute Gasteiger partial charge is 0.504 e. The molecule has 0 radical (unpaired) electrons. The van der Waals surface area contributed by atoms with Gasteiger partial charge in [-0.25, -0.2) is 4.98 Å². The van der Waals surface area contributed by atoms with Crippen molar-refractivity contribution in [1.82, 2.24) is 9.55 Å². The van der Waals surface area contributed by atoms with Crippen molar-refractivity contribution >= 4 is 33.2 Å². The van der Waals surface area contributed by atoms with Crippen LogP contribution in [0.2, 0.25) is 0 Å². The Morgan fingerprint density at radius 1 is 1.17 bits per heavy atom. The Morgan fingerprint density at radius 2 is 2.00 bits per heavy atom. The van der Waals surface area contributed by atoms with E-state index in [-0.39, 0.29) is 11.3 Å². The smallest absolute Gasteiger partial charge is 0.262 e. The van der Waals surface area contributed by atoms with Gasteiger partial charge in [0.1, 0.15) is 10.7 Å². The SMILES string of the molecule is COc1ccc(/C=C2\CCCCn3c2nc2sc4c(c2c3=O)CCCC4)cc1O. The molecule has 2 aliphatic rings. The van der Waals surface area contributed by atoms with Crippen molar-refractivity contribution in [3.8, 4) is 11.5 Å². The van der Waals surface area contributed by atoms with Crippen molar-refractivity contribution in [2.75, 3.05) is 7.11 Å². The van der Waals surface area contributed by atoms with Crippen molar-refractivity contribution in [3.63, 3.8) is 0 Å². The molecule has 0 unspecified atom stereocenters. The second kappa shape index (κ2) is 7.34. The number of phenols is 1. The first-order chi connectivity index (χ1) is 14.2. The topological polar surface area (TPSA) is 64.4 Å². The van der Waals surface area contributed by atoms with Gasteiger partial charge < -0.3 is 9.84 Å². The highest BCUT2D eigenvalue weighted by Crippen LogP contribution is 2.36. The molecule has 0 amide bonds. The Kier molecular flexibility index (Phi) is 4.66. The zero-order valence-corrected chi connectivity index (χ0v) is 17.3. The van der Waals surface area contributed by atoms with Gasteiger partial charge >= 0.3 is 0 Å². The molecule has 0 fully saturated rings. The summed E-state index contributed by atoms with van der Waals surface area (Å²) in [5, 5.41) is 11.0. The Morgan fingerprint density at radius 3 is 2.83 bits per heavy atom. The van der Waals surface area contributed by atoms with Crippen molar-refractivity contribution < 1.29 is 9.84 Å². The summed E-state index contributed by atoms with van der Waals surface area (Å²) in [6.07, 6.45) is 9.33. The van der Waals surface area contributed by atoms with Gasteiger partial charge in [-0.05, 0) is 79.9 Å². The van der Waals surface area contributed by atoms with E-state index in [4.69, 9.17) is 9.72 Å². The molecule has 1 aliphatic carbocycles. The number of ether oxygens (including phenoxy) is 1. The number of aryl methyl sites for hydroxylation is 2. The summed E-state index contributed by atoms with van der Waals surface area (Å²) < 4.78 is 7.02. The van der Waals surface area contributed by atoms with Crippen LogP contribution in [0.4, 0.5) is 0 Å². The summed E-state index contributed by atoms with van der Waals surface area (Å²) in [6, 6.07) is 5.37. The van der Waals surface area contributed by atoms with E-state index in [9.17, 15) is 9.90 Å². The van der Waals surface area contributed by atoms with Crippen LogP contribution in [0, 0.1) is 0 Å². The van der Waals surface area contributed by atoms with Gasteiger partial charge in [-0.15, -0.1) is 11.3 Å². The Balaban J connectivity index is 1.68. The fourth-order valence-electron chi connectivity index (χ4n) is 4.52. The summed E-state index contributed by atoms with van der Waals surface area (Å²) >= 11 is 1.70. The number of methoxy groups -OCH3 is 1. The Hall–Kier alpha value is -2.60. The molecule has 3 aromatic rings. The van der Waals surface area contributed by atoms with Crippen LogP contribution in [-0.4, -0.2) is 21.8 Å². The minimum absolute atomic E-state index is 0.113. The maximum Gasteiger partial charge on any atom is 0.262 e. The van der Waals surface area contributed by atoms with Gasteiger partial charge in [-0.1, -0.05) is 6.07 Å². The minimum atomic E-state index is 0.113. The number of benzene rings is 1. The van der Waals surface area contributed by atoms with Crippen LogP contribution in [-0.2, 0) is 19.4 Å². The molecule has 2 aromatic heterocycles. The summed E-state index contributed by atoms with van der Waals surface area (Å²) in [5.41, 5.74) is 3.30. The highest BCUT2D eigenvalue weighted by Gasteiger charge is 2.24. The van der Waals surface area contributed by atoms with E-state index in [0.29, 0.717) is 12.3 Å². The first kappa shape index (κ1) is 18.4. The van der Waals surface area contributed by atoms with E-state index < -0.39 is 0 Å². The molecule has 0 saturated carbocycles. The van der Waals surface area contributed by atoms with Crippen LogP contribution in [0.25, 0.3) is 21.9 Å². The monoisotopic (exact) mass is 408 g/mol. The fraction of sp³-hybridized carbons (Fsp3) is 0.391. The Bertz CT molecular complexity index is 1190. The van der Waals surface area contributed by atoms with Crippen LogP contribution in [0.1, 0.15) is 53.9 Å². The molecule has 1 N–H and O–H groups in total. The van der Waals surface area contributed by atoms with E-state index in [0.717, 1.165) is 65.7 Å². The summed E-state index contributed by atoms with van der Waals surface area (Å²) in [5.74, 6) is 1.35. The predicted octanol–water partition coefficient (Wildman–Crippen LogP) is 4.78. The number of aromatic hydroxyl groups is 1. The molecule has 6 heteroatoms. The number of thiophene rings is 1. The third kappa shape index (κ3) is 3.15. The third-order valence-corrected chi connectivity index (χ3v) is 7.17. The standard InChI is InChI=1S/C23H24N2O3S/c1-28-18-10-9-14(13-17(18)26)12-15-6-4-5-11-25-21(15)24-22-20(23(25)27)16-7-2-3-8-19(16)29-22/h9-10,12-13,26H,2-8,11H2,1H3/b15-12+. The van der Waals surface area contributed by atoms with E-state index in [1.807, 2.05) is 16.7 Å². The highest BCUT2D eigenvalue weighted by molar-refractivity contribution is 7.18. The number of hydrogen-bond donors (Lipinski definition) is 1. The number of rotatable bonds is 2. The zero-order chi connectivity index (χ0) is 20.0. The summed E-state index contributed by atoms with van der Waals surface area (Å²) in [6.45, 7) is 0.715. The minimum Gasteiger partial charge on any atom is -0.504 e. The molecule has 5 rings (SSSR count). The molecule has 1 aromatic carbocycles. The molecule has 150 valence electrons. The molecule has 5 nitrogen and oxygen atoms in total. The van der Waals surface area contributed by atoms with Crippen LogP contribution in [0.15, 0.2) is 23.0 Å². The molecular formula is C23H24N2O3S. The molecule has 0 saturated heterocycles. The van der Waals surface area contributed by atoms with Gasteiger partial charge in [0.05, 0.1) is 12.5 Å². The molecule has 0 bridgehead atoms. The Labute approximate surface area is 173 Å². The van der Waals surface area contributed by atoms with E-state index in [1.165, 1.54) is 24.0 Å². The molecule has 0 atom stereocenters.